The summed E-state index contributed by atoms with van der Waals surface area (Å²) in [5.74, 6) is 0.237. The normalized spacial score (nSPS) is 13.3. The van der Waals surface area contributed by atoms with Crippen molar-refractivity contribution in [2.45, 2.75) is 4.90 Å². The summed E-state index contributed by atoms with van der Waals surface area (Å²) >= 11 is 1.14. The third-order valence-electron chi connectivity index (χ3n) is 3.60. The highest BCUT2D eigenvalue weighted by atomic mass is 32.2. The molecular weight excluding hydrogens is 328 g/mol. The van der Waals surface area contributed by atoms with Crippen molar-refractivity contribution in [1.29, 1.82) is 0 Å². The second kappa shape index (κ2) is 6.41. The van der Waals surface area contributed by atoms with Crippen LogP contribution in [0.25, 0.3) is 0 Å². The molecule has 0 heterocycles. The summed E-state index contributed by atoms with van der Waals surface area (Å²) in [7, 11) is 3.06. The van der Waals surface area contributed by atoms with Crippen LogP contribution in [0.5, 0.6) is 17.2 Å². The maximum atomic E-state index is 12.6. The van der Waals surface area contributed by atoms with Crippen LogP contribution in [0.15, 0.2) is 52.3 Å². The van der Waals surface area contributed by atoms with Gasteiger partial charge < -0.3 is 14.6 Å². The van der Waals surface area contributed by atoms with E-state index in [2.05, 4.69) is 0 Å². The molecule has 0 unspecified atom stereocenters. The SMILES string of the molecule is COc1ccc(SC2=CC(=O)c3cccc(O)c3C2=O)cc1OC. The summed E-state index contributed by atoms with van der Waals surface area (Å²) in [5.41, 5.74) is 0.268. The molecule has 122 valence electrons. The molecule has 1 aliphatic carbocycles. The van der Waals surface area contributed by atoms with Gasteiger partial charge >= 0.3 is 0 Å². The van der Waals surface area contributed by atoms with Gasteiger partial charge in [0.05, 0.1) is 24.7 Å². The van der Waals surface area contributed by atoms with Crippen molar-refractivity contribution in [2.24, 2.45) is 0 Å². The van der Waals surface area contributed by atoms with Crippen molar-refractivity contribution in [3.63, 3.8) is 0 Å². The summed E-state index contributed by atoms with van der Waals surface area (Å²) in [6.07, 6.45) is 1.30. The molecule has 0 saturated heterocycles. The van der Waals surface area contributed by atoms with Crippen molar-refractivity contribution in [3.05, 3.63) is 58.5 Å². The molecule has 6 heteroatoms. The van der Waals surface area contributed by atoms with Crippen LogP contribution in [0.3, 0.4) is 0 Å². The van der Waals surface area contributed by atoms with Crippen LogP contribution in [0.2, 0.25) is 0 Å². The van der Waals surface area contributed by atoms with Gasteiger partial charge in [-0.05, 0) is 24.3 Å². The number of phenolic OH excluding ortho intramolecular Hbond substituents is 1. The second-order valence-corrected chi connectivity index (χ2v) is 6.14. The van der Waals surface area contributed by atoms with Gasteiger partial charge in [0, 0.05) is 16.5 Å². The van der Waals surface area contributed by atoms with Crippen LogP contribution in [-0.4, -0.2) is 30.9 Å². The fraction of sp³-hybridized carbons (Fsp3) is 0.111. The lowest BCUT2D eigenvalue weighted by Gasteiger charge is -2.16. The van der Waals surface area contributed by atoms with E-state index in [-0.39, 0.29) is 33.3 Å². The number of aromatic hydroxyl groups is 1. The van der Waals surface area contributed by atoms with Crippen LogP contribution in [0, 0.1) is 0 Å². The molecule has 2 aromatic carbocycles. The van der Waals surface area contributed by atoms with Crippen LogP contribution in [0.4, 0.5) is 0 Å². The van der Waals surface area contributed by atoms with Crippen molar-refractivity contribution < 1.29 is 24.2 Å². The topological polar surface area (TPSA) is 72.8 Å². The number of carbonyl (C=O) groups excluding carboxylic acids is 2. The second-order valence-electron chi connectivity index (χ2n) is 5.02. The average molecular weight is 342 g/mol. The minimum atomic E-state index is -0.373. The van der Waals surface area contributed by atoms with E-state index in [1.165, 1.54) is 32.4 Å². The highest BCUT2D eigenvalue weighted by Crippen LogP contribution is 2.39. The largest absolute Gasteiger partial charge is 0.507 e. The molecule has 0 amide bonds. The number of methoxy groups -OCH3 is 2. The number of rotatable bonds is 4. The number of thioether (sulfide) groups is 1. The molecule has 1 aliphatic rings. The van der Waals surface area contributed by atoms with E-state index in [1.807, 2.05) is 0 Å². The maximum absolute atomic E-state index is 12.6. The Morgan fingerprint density at radius 2 is 1.75 bits per heavy atom. The molecule has 0 atom stereocenters. The molecule has 24 heavy (non-hydrogen) atoms. The summed E-state index contributed by atoms with van der Waals surface area (Å²) < 4.78 is 10.4. The fourth-order valence-corrected chi connectivity index (χ4v) is 3.37. The molecular formula is C18H14O5S. The molecule has 0 bridgehead atoms. The first kappa shape index (κ1) is 16.1. The Bertz CT molecular complexity index is 870. The first-order chi connectivity index (χ1) is 11.5. The van der Waals surface area contributed by atoms with E-state index < -0.39 is 0 Å². The van der Waals surface area contributed by atoms with E-state index >= 15 is 0 Å². The molecule has 0 fully saturated rings. The summed E-state index contributed by atoms with van der Waals surface area (Å²) in [5, 5.41) is 9.93. The van der Waals surface area contributed by atoms with Gasteiger partial charge in [-0.1, -0.05) is 23.9 Å². The average Bonchev–Trinajstić information content (AvgIpc) is 2.59. The Morgan fingerprint density at radius 1 is 1.00 bits per heavy atom. The van der Waals surface area contributed by atoms with Gasteiger partial charge in [0.15, 0.2) is 17.3 Å². The number of phenols is 1. The smallest absolute Gasteiger partial charge is 0.204 e. The summed E-state index contributed by atoms with van der Waals surface area (Å²) in [4.78, 5) is 25.8. The molecule has 0 radical (unpaired) electrons. The number of ether oxygens (including phenoxy) is 2. The van der Waals surface area contributed by atoms with Gasteiger partial charge in [-0.15, -0.1) is 0 Å². The van der Waals surface area contributed by atoms with Crippen LogP contribution in [-0.2, 0) is 0 Å². The Kier molecular flexibility index (Phi) is 4.31. The van der Waals surface area contributed by atoms with Gasteiger partial charge in [0.2, 0.25) is 5.78 Å². The molecule has 2 aromatic rings. The number of allylic oxidation sites excluding steroid dienone is 2. The zero-order valence-corrected chi connectivity index (χ0v) is 13.8. The van der Waals surface area contributed by atoms with E-state index in [9.17, 15) is 14.7 Å². The van der Waals surface area contributed by atoms with Gasteiger partial charge in [-0.2, -0.15) is 0 Å². The number of carbonyl (C=O) groups is 2. The van der Waals surface area contributed by atoms with Gasteiger partial charge in [0.25, 0.3) is 0 Å². The Balaban J connectivity index is 1.96. The van der Waals surface area contributed by atoms with Gasteiger partial charge in [-0.25, -0.2) is 0 Å². The molecule has 0 spiro atoms. The molecule has 5 nitrogen and oxygen atoms in total. The number of Topliss-reactive ketones (excluding diaryl/α,β-unsaturated/α-hetero) is 1. The fourth-order valence-electron chi connectivity index (χ4n) is 2.45. The Morgan fingerprint density at radius 3 is 2.46 bits per heavy atom. The minimum Gasteiger partial charge on any atom is -0.507 e. The predicted molar refractivity (Wildman–Crippen MR) is 90.3 cm³/mol. The van der Waals surface area contributed by atoms with E-state index in [0.717, 1.165) is 16.7 Å². The van der Waals surface area contributed by atoms with E-state index in [4.69, 9.17) is 9.47 Å². The lowest BCUT2D eigenvalue weighted by molar-refractivity contribution is 0.0989. The number of hydrogen-bond acceptors (Lipinski definition) is 6. The van der Waals surface area contributed by atoms with Crippen LogP contribution in [0.1, 0.15) is 20.7 Å². The number of benzene rings is 2. The monoisotopic (exact) mass is 342 g/mol. The number of hydrogen-bond donors (Lipinski definition) is 1. The molecule has 0 aliphatic heterocycles. The quantitative estimate of drug-likeness (QED) is 0.917. The lowest BCUT2D eigenvalue weighted by atomic mass is 9.94. The highest BCUT2D eigenvalue weighted by molar-refractivity contribution is 8.04. The van der Waals surface area contributed by atoms with Crippen LogP contribution >= 0.6 is 11.8 Å². The van der Waals surface area contributed by atoms with E-state index in [0.29, 0.717) is 11.5 Å². The van der Waals surface area contributed by atoms with Crippen molar-refractivity contribution in [1.82, 2.24) is 0 Å². The molecule has 3 rings (SSSR count). The summed E-state index contributed by atoms with van der Waals surface area (Å²) in [6, 6.07) is 9.69. The van der Waals surface area contributed by atoms with Crippen LogP contribution < -0.4 is 9.47 Å². The number of fused-ring (bicyclic) bond motifs is 1. The third kappa shape index (κ3) is 2.76. The Labute approximate surface area is 142 Å². The van der Waals surface area contributed by atoms with Crippen molar-refractivity contribution >= 4 is 23.3 Å². The maximum Gasteiger partial charge on any atom is 0.204 e. The first-order valence-corrected chi connectivity index (χ1v) is 7.89. The van der Waals surface area contributed by atoms with Gasteiger partial charge in [-0.3, -0.25) is 9.59 Å². The van der Waals surface area contributed by atoms with Gasteiger partial charge in [0.1, 0.15) is 5.75 Å². The molecule has 1 N–H and O–H groups in total. The Hall–Kier alpha value is -2.73. The van der Waals surface area contributed by atoms with Crippen molar-refractivity contribution in [2.75, 3.05) is 14.2 Å². The molecule has 0 saturated carbocycles. The zero-order valence-electron chi connectivity index (χ0n) is 13.0. The van der Waals surface area contributed by atoms with E-state index in [1.54, 1.807) is 24.3 Å². The predicted octanol–water partition coefficient (Wildman–Crippen LogP) is 3.46. The minimum absolute atomic E-state index is 0.0491. The standard InChI is InChI=1S/C18H14O5S/c1-22-14-7-6-10(8-15(14)23-2)24-16-9-13(20)11-4-3-5-12(19)17(11)18(16)21/h3-9,19H,1-2H3. The summed E-state index contributed by atoms with van der Waals surface area (Å²) in [6.45, 7) is 0. The highest BCUT2D eigenvalue weighted by Gasteiger charge is 2.28. The third-order valence-corrected chi connectivity index (χ3v) is 4.62. The lowest BCUT2D eigenvalue weighted by Crippen LogP contribution is -2.15. The first-order valence-electron chi connectivity index (χ1n) is 7.07. The zero-order chi connectivity index (χ0) is 17.3. The van der Waals surface area contributed by atoms with Crippen molar-refractivity contribution in [3.8, 4) is 17.2 Å². The molecule has 0 aromatic heterocycles. The number of ketones is 2.